The summed E-state index contributed by atoms with van der Waals surface area (Å²) >= 11 is 0. The summed E-state index contributed by atoms with van der Waals surface area (Å²) in [6.45, 7) is 6.62. The van der Waals surface area contributed by atoms with Gasteiger partial charge in [-0.05, 0) is 36.6 Å². The predicted octanol–water partition coefficient (Wildman–Crippen LogP) is 4.11. The first-order chi connectivity index (χ1) is 10.0. The first-order valence-corrected chi connectivity index (χ1v) is 7.02. The highest BCUT2D eigenvalue weighted by atomic mass is 16.5. The summed E-state index contributed by atoms with van der Waals surface area (Å²) in [7, 11) is 1.36. The third-order valence-corrected chi connectivity index (χ3v) is 3.42. The first-order valence-electron chi connectivity index (χ1n) is 7.02. The van der Waals surface area contributed by atoms with Crippen LogP contribution in [-0.2, 0) is 11.3 Å². The van der Waals surface area contributed by atoms with Gasteiger partial charge in [-0.25, -0.2) is 4.79 Å². The number of aryl methyl sites for hydroxylation is 1. The zero-order valence-electron chi connectivity index (χ0n) is 12.9. The van der Waals surface area contributed by atoms with Crippen LogP contribution in [0.15, 0.2) is 34.7 Å². The van der Waals surface area contributed by atoms with Gasteiger partial charge in [0.05, 0.1) is 13.7 Å². The van der Waals surface area contributed by atoms with Gasteiger partial charge in [0.2, 0.25) is 0 Å². The van der Waals surface area contributed by atoms with Crippen LogP contribution in [0.4, 0.5) is 5.69 Å². The van der Waals surface area contributed by atoms with Crippen LogP contribution >= 0.6 is 0 Å². The summed E-state index contributed by atoms with van der Waals surface area (Å²) in [6, 6.07) is 10.0. The standard InChI is InChI=1S/C17H21NO3/c1-11(2)13-5-7-14(8-6-13)18-10-15-9-16(12(3)21-15)17(19)20-4/h5-9,11,18H,10H2,1-4H3. The van der Waals surface area contributed by atoms with Gasteiger partial charge < -0.3 is 14.5 Å². The fourth-order valence-electron chi connectivity index (χ4n) is 2.12. The largest absolute Gasteiger partial charge is 0.465 e. The van der Waals surface area contributed by atoms with Crippen LogP contribution in [0, 0.1) is 6.92 Å². The van der Waals surface area contributed by atoms with Gasteiger partial charge in [0, 0.05) is 5.69 Å². The van der Waals surface area contributed by atoms with Gasteiger partial charge in [0.1, 0.15) is 17.1 Å². The molecule has 112 valence electrons. The normalized spacial score (nSPS) is 10.7. The fraction of sp³-hybridized carbons (Fsp3) is 0.353. The molecule has 4 heteroatoms. The monoisotopic (exact) mass is 287 g/mol. The number of hydrogen-bond acceptors (Lipinski definition) is 4. The molecule has 2 aromatic rings. The van der Waals surface area contributed by atoms with E-state index in [9.17, 15) is 4.79 Å². The molecule has 0 saturated heterocycles. The van der Waals surface area contributed by atoms with Crippen LogP contribution in [-0.4, -0.2) is 13.1 Å². The minimum Gasteiger partial charge on any atom is -0.465 e. The van der Waals surface area contributed by atoms with E-state index in [1.54, 1.807) is 13.0 Å². The number of hydrogen-bond donors (Lipinski definition) is 1. The fourth-order valence-corrected chi connectivity index (χ4v) is 2.12. The zero-order chi connectivity index (χ0) is 15.4. The SMILES string of the molecule is COC(=O)c1cc(CNc2ccc(C(C)C)cc2)oc1C. The number of carbonyl (C=O) groups is 1. The number of furan rings is 1. The van der Waals surface area contributed by atoms with Crippen molar-refractivity contribution in [3.63, 3.8) is 0 Å². The Hall–Kier alpha value is -2.23. The Bertz CT molecular complexity index is 611. The zero-order valence-corrected chi connectivity index (χ0v) is 12.9. The second-order valence-corrected chi connectivity index (χ2v) is 5.30. The number of benzene rings is 1. The highest BCUT2D eigenvalue weighted by molar-refractivity contribution is 5.90. The van der Waals surface area contributed by atoms with E-state index >= 15 is 0 Å². The molecule has 0 amide bonds. The minimum atomic E-state index is -0.371. The molecule has 0 radical (unpaired) electrons. The van der Waals surface area contributed by atoms with E-state index in [1.165, 1.54) is 12.7 Å². The van der Waals surface area contributed by atoms with E-state index in [1.807, 2.05) is 12.1 Å². The molecule has 0 bridgehead atoms. The van der Waals surface area contributed by atoms with Crippen LogP contribution in [0.5, 0.6) is 0 Å². The number of esters is 1. The van der Waals surface area contributed by atoms with Crippen molar-refractivity contribution in [3.05, 3.63) is 53.0 Å². The Balaban J connectivity index is 2.01. The van der Waals surface area contributed by atoms with Crippen LogP contribution in [0.1, 0.15) is 47.2 Å². The lowest BCUT2D eigenvalue weighted by molar-refractivity contribution is 0.0599. The number of ether oxygens (including phenoxy) is 1. The van der Waals surface area contributed by atoms with Crippen molar-refractivity contribution in [1.82, 2.24) is 0 Å². The third-order valence-electron chi connectivity index (χ3n) is 3.42. The Labute approximate surface area is 125 Å². The van der Waals surface area contributed by atoms with Gasteiger partial charge in [0.15, 0.2) is 0 Å². The minimum absolute atomic E-state index is 0.371. The molecule has 0 aliphatic carbocycles. The van der Waals surface area contributed by atoms with E-state index in [2.05, 4.69) is 31.3 Å². The van der Waals surface area contributed by atoms with Gasteiger partial charge in [-0.2, -0.15) is 0 Å². The molecule has 0 aliphatic rings. The van der Waals surface area contributed by atoms with Crippen molar-refractivity contribution >= 4 is 11.7 Å². The summed E-state index contributed by atoms with van der Waals surface area (Å²) < 4.78 is 10.3. The smallest absolute Gasteiger partial charge is 0.341 e. The molecular weight excluding hydrogens is 266 g/mol. The lowest BCUT2D eigenvalue weighted by atomic mass is 10.0. The average molecular weight is 287 g/mol. The summed E-state index contributed by atoms with van der Waals surface area (Å²) in [4.78, 5) is 11.5. The van der Waals surface area contributed by atoms with Crippen molar-refractivity contribution in [2.75, 3.05) is 12.4 Å². The molecule has 0 unspecified atom stereocenters. The van der Waals surface area contributed by atoms with E-state index < -0.39 is 0 Å². The molecular formula is C17H21NO3. The van der Waals surface area contributed by atoms with Gasteiger partial charge in [-0.1, -0.05) is 26.0 Å². The average Bonchev–Trinajstić information content (AvgIpc) is 2.86. The van der Waals surface area contributed by atoms with Crippen molar-refractivity contribution in [3.8, 4) is 0 Å². The number of methoxy groups -OCH3 is 1. The van der Waals surface area contributed by atoms with Crippen molar-refractivity contribution in [1.29, 1.82) is 0 Å². The van der Waals surface area contributed by atoms with Gasteiger partial charge in [0.25, 0.3) is 0 Å². The van der Waals surface area contributed by atoms with Gasteiger partial charge in [-0.15, -0.1) is 0 Å². The molecule has 4 nitrogen and oxygen atoms in total. The molecule has 2 rings (SSSR count). The summed E-state index contributed by atoms with van der Waals surface area (Å²) in [6.07, 6.45) is 0. The lowest BCUT2D eigenvalue weighted by Gasteiger charge is -2.08. The molecule has 1 heterocycles. The Morgan fingerprint density at radius 1 is 1.29 bits per heavy atom. The Morgan fingerprint density at radius 3 is 2.52 bits per heavy atom. The highest BCUT2D eigenvalue weighted by Gasteiger charge is 2.15. The first kappa shape index (κ1) is 15.2. The molecule has 0 atom stereocenters. The van der Waals surface area contributed by atoms with Crippen LogP contribution in [0.25, 0.3) is 0 Å². The molecule has 1 aromatic carbocycles. The maximum absolute atomic E-state index is 11.5. The molecule has 1 N–H and O–H groups in total. The number of carbonyl (C=O) groups excluding carboxylic acids is 1. The van der Waals surface area contributed by atoms with Crippen molar-refractivity contribution in [2.24, 2.45) is 0 Å². The van der Waals surface area contributed by atoms with E-state index in [0.717, 1.165) is 5.69 Å². The number of rotatable bonds is 5. The van der Waals surface area contributed by atoms with E-state index in [4.69, 9.17) is 9.15 Å². The lowest BCUT2D eigenvalue weighted by Crippen LogP contribution is -2.01. The predicted molar refractivity (Wildman–Crippen MR) is 82.6 cm³/mol. The van der Waals surface area contributed by atoms with Gasteiger partial charge >= 0.3 is 5.97 Å². The van der Waals surface area contributed by atoms with Crippen LogP contribution in [0.2, 0.25) is 0 Å². The van der Waals surface area contributed by atoms with Crippen LogP contribution < -0.4 is 5.32 Å². The molecule has 0 spiro atoms. The molecule has 0 fully saturated rings. The van der Waals surface area contributed by atoms with Gasteiger partial charge in [-0.3, -0.25) is 0 Å². The maximum atomic E-state index is 11.5. The second-order valence-electron chi connectivity index (χ2n) is 5.30. The van der Waals surface area contributed by atoms with Crippen LogP contribution in [0.3, 0.4) is 0 Å². The highest BCUT2D eigenvalue weighted by Crippen LogP contribution is 2.19. The summed E-state index contributed by atoms with van der Waals surface area (Å²) in [5.41, 5.74) is 2.81. The van der Waals surface area contributed by atoms with E-state index in [-0.39, 0.29) is 5.97 Å². The summed E-state index contributed by atoms with van der Waals surface area (Å²) in [5, 5.41) is 3.28. The third kappa shape index (κ3) is 3.66. The summed E-state index contributed by atoms with van der Waals surface area (Å²) in [5.74, 6) is 1.44. The molecule has 21 heavy (non-hydrogen) atoms. The topological polar surface area (TPSA) is 51.5 Å². The quantitative estimate of drug-likeness (QED) is 0.841. The Kier molecular flexibility index (Phi) is 4.68. The number of nitrogens with one attached hydrogen (secondary N) is 1. The van der Waals surface area contributed by atoms with E-state index in [0.29, 0.717) is 29.5 Å². The Morgan fingerprint density at radius 2 is 1.95 bits per heavy atom. The van der Waals surface area contributed by atoms with Crippen molar-refractivity contribution in [2.45, 2.75) is 33.2 Å². The second kappa shape index (κ2) is 6.48. The molecule has 0 saturated carbocycles. The molecule has 1 aromatic heterocycles. The maximum Gasteiger partial charge on any atom is 0.341 e. The molecule has 0 aliphatic heterocycles. The number of anilines is 1. The van der Waals surface area contributed by atoms with Crippen molar-refractivity contribution < 1.29 is 13.9 Å².